The van der Waals surface area contributed by atoms with Gasteiger partial charge in [0, 0.05) is 5.92 Å². The van der Waals surface area contributed by atoms with Crippen LogP contribution in [-0.2, 0) is 11.3 Å². The number of carbonyl (C=O) groups excluding carboxylic acids is 1. The van der Waals surface area contributed by atoms with Crippen LogP contribution in [0.15, 0.2) is 34.9 Å². The van der Waals surface area contributed by atoms with E-state index in [0.717, 1.165) is 47.2 Å². The summed E-state index contributed by atoms with van der Waals surface area (Å²) in [7, 11) is 0. The van der Waals surface area contributed by atoms with Gasteiger partial charge in [-0.2, -0.15) is 0 Å². The molecule has 0 atom stereocenters. The summed E-state index contributed by atoms with van der Waals surface area (Å²) in [5.41, 5.74) is 1.94. The van der Waals surface area contributed by atoms with Crippen LogP contribution in [0.5, 0.6) is 0 Å². The fraction of sp³-hybridized carbons (Fsp3) is 0.400. The van der Waals surface area contributed by atoms with E-state index in [-0.39, 0.29) is 11.8 Å². The number of hydrogen-bond donors (Lipinski definition) is 0. The molecular formula is C20H21ClN2O2S. The lowest BCUT2D eigenvalue weighted by Gasteiger charge is -2.27. The van der Waals surface area contributed by atoms with Gasteiger partial charge in [-0.15, -0.1) is 0 Å². The number of nitrogens with zero attached hydrogens (tertiary/aromatic N) is 2. The highest BCUT2D eigenvalue weighted by molar-refractivity contribution is 7.23. The Hall–Kier alpha value is -1.85. The van der Waals surface area contributed by atoms with E-state index in [0.29, 0.717) is 16.7 Å². The minimum Gasteiger partial charge on any atom is -0.467 e. The zero-order valence-corrected chi connectivity index (χ0v) is 16.3. The Labute approximate surface area is 161 Å². The van der Waals surface area contributed by atoms with Crippen molar-refractivity contribution in [1.82, 2.24) is 4.98 Å². The first-order chi connectivity index (χ1) is 12.6. The maximum Gasteiger partial charge on any atom is 0.232 e. The minimum atomic E-state index is 0.0716. The number of rotatable bonds is 4. The number of benzene rings is 1. The first kappa shape index (κ1) is 17.6. The highest BCUT2D eigenvalue weighted by Gasteiger charge is 2.29. The van der Waals surface area contributed by atoms with Crippen LogP contribution in [0.25, 0.3) is 10.2 Å². The highest BCUT2D eigenvalue weighted by Crippen LogP contribution is 2.37. The molecule has 2 heterocycles. The van der Waals surface area contributed by atoms with Gasteiger partial charge in [0.15, 0.2) is 5.13 Å². The standard InChI is InChI=1S/C20H21ClN2O2S/c1-13-9-10-16(21)18-17(13)22-20(26-18)23(12-15-8-5-11-25-15)19(24)14-6-3-2-4-7-14/h5,8-11,14H,2-4,6-7,12H2,1H3. The number of hydrogen-bond acceptors (Lipinski definition) is 4. The molecule has 1 aliphatic rings. The molecule has 1 fully saturated rings. The molecule has 1 aliphatic carbocycles. The fourth-order valence-electron chi connectivity index (χ4n) is 3.57. The molecule has 1 aromatic carbocycles. The lowest BCUT2D eigenvalue weighted by molar-refractivity contribution is -0.123. The molecule has 4 rings (SSSR count). The van der Waals surface area contributed by atoms with E-state index in [4.69, 9.17) is 21.0 Å². The largest absolute Gasteiger partial charge is 0.467 e. The highest BCUT2D eigenvalue weighted by atomic mass is 35.5. The second-order valence-electron chi connectivity index (χ2n) is 6.88. The first-order valence-electron chi connectivity index (χ1n) is 9.03. The number of fused-ring (bicyclic) bond motifs is 1. The number of amides is 1. The average molecular weight is 389 g/mol. The van der Waals surface area contributed by atoms with Gasteiger partial charge in [-0.25, -0.2) is 4.98 Å². The molecule has 2 aromatic heterocycles. The molecule has 1 saturated carbocycles. The van der Waals surface area contributed by atoms with Gasteiger partial charge in [0.05, 0.1) is 28.0 Å². The van der Waals surface area contributed by atoms with Crippen LogP contribution in [0.2, 0.25) is 5.02 Å². The van der Waals surface area contributed by atoms with Crippen molar-refractivity contribution in [3.63, 3.8) is 0 Å². The van der Waals surface area contributed by atoms with Crippen LogP contribution in [0.3, 0.4) is 0 Å². The summed E-state index contributed by atoms with van der Waals surface area (Å²) in [6, 6.07) is 7.60. The van der Waals surface area contributed by atoms with Crippen molar-refractivity contribution in [3.05, 3.63) is 46.9 Å². The summed E-state index contributed by atoms with van der Waals surface area (Å²) in [5, 5.41) is 1.38. The third-order valence-electron chi connectivity index (χ3n) is 5.03. The molecule has 136 valence electrons. The Morgan fingerprint density at radius 2 is 2.12 bits per heavy atom. The topological polar surface area (TPSA) is 46.3 Å². The molecule has 0 radical (unpaired) electrons. The summed E-state index contributed by atoms with van der Waals surface area (Å²) in [5.74, 6) is 0.979. The summed E-state index contributed by atoms with van der Waals surface area (Å²) in [6.45, 7) is 2.42. The zero-order valence-electron chi connectivity index (χ0n) is 14.7. The van der Waals surface area contributed by atoms with Gasteiger partial charge in [0.2, 0.25) is 5.91 Å². The second-order valence-corrected chi connectivity index (χ2v) is 8.26. The van der Waals surface area contributed by atoms with Crippen LogP contribution in [0.4, 0.5) is 5.13 Å². The maximum absolute atomic E-state index is 13.3. The number of halogens is 1. The number of aromatic nitrogens is 1. The van der Waals surface area contributed by atoms with Crippen molar-refractivity contribution in [2.45, 2.75) is 45.6 Å². The average Bonchev–Trinajstić information content (AvgIpc) is 3.33. The van der Waals surface area contributed by atoms with E-state index in [2.05, 4.69) is 0 Å². The Morgan fingerprint density at radius 3 is 2.81 bits per heavy atom. The lowest BCUT2D eigenvalue weighted by atomic mass is 9.88. The molecule has 4 nitrogen and oxygen atoms in total. The molecule has 1 amide bonds. The Balaban J connectivity index is 1.73. The van der Waals surface area contributed by atoms with Crippen LogP contribution in [-0.4, -0.2) is 10.9 Å². The number of aryl methyl sites for hydroxylation is 1. The molecule has 0 bridgehead atoms. The van der Waals surface area contributed by atoms with Crippen LogP contribution in [0, 0.1) is 12.8 Å². The number of anilines is 1. The van der Waals surface area contributed by atoms with Crippen LogP contribution in [0.1, 0.15) is 43.4 Å². The van der Waals surface area contributed by atoms with Crippen LogP contribution < -0.4 is 4.90 Å². The molecule has 6 heteroatoms. The van der Waals surface area contributed by atoms with Gasteiger partial charge in [-0.05, 0) is 43.5 Å². The monoisotopic (exact) mass is 388 g/mol. The molecule has 0 unspecified atom stereocenters. The molecule has 3 aromatic rings. The first-order valence-corrected chi connectivity index (χ1v) is 10.2. The van der Waals surface area contributed by atoms with Crippen molar-refractivity contribution in [2.24, 2.45) is 5.92 Å². The van der Waals surface area contributed by atoms with Crippen molar-refractivity contribution in [1.29, 1.82) is 0 Å². The van der Waals surface area contributed by atoms with Crippen LogP contribution >= 0.6 is 22.9 Å². The third kappa shape index (κ3) is 3.38. The predicted octanol–water partition coefficient (Wildman–Crippen LogP) is 5.96. The van der Waals surface area contributed by atoms with Crippen molar-refractivity contribution < 1.29 is 9.21 Å². The summed E-state index contributed by atoms with van der Waals surface area (Å²) >= 11 is 7.85. The molecule has 0 saturated heterocycles. The van der Waals surface area contributed by atoms with E-state index < -0.39 is 0 Å². The van der Waals surface area contributed by atoms with Gasteiger partial charge < -0.3 is 4.42 Å². The Bertz CT molecular complexity index is 874. The smallest absolute Gasteiger partial charge is 0.232 e. The van der Waals surface area contributed by atoms with Crippen molar-refractivity contribution in [2.75, 3.05) is 4.90 Å². The van der Waals surface area contributed by atoms with Gasteiger partial charge in [-0.3, -0.25) is 9.69 Å². The summed E-state index contributed by atoms with van der Waals surface area (Å²) in [6.07, 6.45) is 7.01. The van der Waals surface area contributed by atoms with Crippen molar-refractivity contribution in [3.8, 4) is 0 Å². The van der Waals surface area contributed by atoms with Gasteiger partial charge in [0.25, 0.3) is 0 Å². The van der Waals surface area contributed by atoms with E-state index in [9.17, 15) is 4.79 Å². The number of furan rings is 1. The molecular weight excluding hydrogens is 368 g/mol. The summed E-state index contributed by atoms with van der Waals surface area (Å²) in [4.78, 5) is 19.8. The Kier molecular flexibility index (Phi) is 5.00. The summed E-state index contributed by atoms with van der Waals surface area (Å²) < 4.78 is 6.43. The van der Waals surface area contributed by atoms with E-state index in [1.807, 2.05) is 31.2 Å². The molecule has 0 spiro atoms. The van der Waals surface area contributed by atoms with E-state index >= 15 is 0 Å². The Morgan fingerprint density at radius 1 is 1.31 bits per heavy atom. The quantitative estimate of drug-likeness (QED) is 0.553. The van der Waals surface area contributed by atoms with E-state index in [1.165, 1.54) is 17.8 Å². The minimum absolute atomic E-state index is 0.0716. The predicted molar refractivity (Wildman–Crippen MR) is 106 cm³/mol. The molecule has 0 N–H and O–H groups in total. The third-order valence-corrected chi connectivity index (χ3v) is 6.57. The van der Waals surface area contributed by atoms with Gasteiger partial charge in [-0.1, -0.05) is 48.3 Å². The normalized spacial score (nSPS) is 15.5. The molecule has 26 heavy (non-hydrogen) atoms. The zero-order chi connectivity index (χ0) is 18.1. The van der Waals surface area contributed by atoms with E-state index in [1.54, 1.807) is 11.2 Å². The second kappa shape index (κ2) is 7.41. The van der Waals surface area contributed by atoms with Gasteiger partial charge in [0.1, 0.15) is 5.76 Å². The molecule has 0 aliphatic heterocycles. The van der Waals surface area contributed by atoms with Crippen molar-refractivity contribution >= 4 is 44.2 Å². The number of carbonyl (C=O) groups is 1. The fourth-order valence-corrected chi connectivity index (χ4v) is 4.90. The number of thiazole rings is 1. The van der Waals surface area contributed by atoms with Gasteiger partial charge >= 0.3 is 0 Å². The lowest BCUT2D eigenvalue weighted by Crippen LogP contribution is -2.36. The SMILES string of the molecule is Cc1ccc(Cl)c2sc(N(Cc3ccco3)C(=O)C3CCCCC3)nc12. The maximum atomic E-state index is 13.3.